The van der Waals surface area contributed by atoms with Crippen molar-refractivity contribution >= 4 is 44.1 Å². The van der Waals surface area contributed by atoms with E-state index in [2.05, 4.69) is 66.1 Å². The van der Waals surface area contributed by atoms with Crippen molar-refractivity contribution in [1.29, 1.82) is 0 Å². The van der Waals surface area contributed by atoms with Crippen LogP contribution in [0.3, 0.4) is 0 Å². The predicted octanol–water partition coefficient (Wildman–Crippen LogP) is 3.36. The van der Waals surface area contributed by atoms with Gasteiger partial charge in [0.25, 0.3) is 10.1 Å². The highest BCUT2D eigenvalue weighted by atomic mass is 131. The molecule has 116 valence electrons. The van der Waals surface area contributed by atoms with Crippen LogP contribution in [-0.2, 0) is 15.5 Å². The summed E-state index contributed by atoms with van der Waals surface area (Å²) < 4.78 is 33.8. The lowest BCUT2D eigenvalue weighted by Gasteiger charge is -2.14. The topological polar surface area (TPSA) is 57.4 Å². The zero-order valence-corrected chi connectivity index (χ0v) is 15.5. The highest BCUT2D eigenvalue weighted by Crippen LogP contribution is 2.40. The van der Waals surface area contributed by atoms with Crippen LogP contribution in [0.25, 0.3) is 0 Å². The van der Waals surface area contributed by atoms with Gasteiger partial charge in [-0.25, -0.2) is 0 Å². The van der Waals surface area contributed by atoms with Crippen molar-refractivity contribution in [2.24, 2.45) is 0 Å². The van der Waals surface area contributed by atoms with Gasteiger partial charge in [-0.2, -0.15) is 13.0 Å². The zero-order valence-electron chi connectivity index (χ0n) is 12.6. The van der Waals surface area contributed by atoms with Crippen LogP contribution in [-0.4, -0.2) is 35.6 Å². The van der Waals surface area contributed by atoms with Crippen LogP contribution in [0.15, 0.2) is 18.2 Å². The van der Waals surface area contributed by atoms with Gasteiger partial charge in [-0.1, -0.05) is 0 Å². The van der Waals surface area contributed by atoms with E-state index < -0.39 is 10.1 Å². The number of benzene rings is 1. The average Bonchev–Trinajstić information content (AvgIpc) is 2.54. The second kappa shape index (κ2) is 5.96. The van der Waals surface area contributed by atoms with Gasteiger partial charge < -0.3 is 0 Å². The molecule has 1 heterocycles. The Morgan fingerprint density at radius 3 is 2.57 bits per heavy atom. The molecule has 0 atom stereocenters. The molecule has 0 fully saturated rings. The summed E-state index contributed by atoms with van der Waals surface area (Å²) in [6.45, 7) is 7.35. The van der Waals surface area contributed by atoms with Gasteiger partial charge in [0.1, 0.15) is 6.54 Å². The van der Waals surface area contributed by atoms with Crippen molar-refractivity contribution in [3.05, 3.63) is 27.3 Å². The number of hydrogen-bond donors (Lipinski definition) is 1. The van der Waals surface area contributed by atoms with E-state index >= 15 is 0 Å². The molecule has 0 aliphatic carbocycles. The molecule has 1 aliphatic heterocycles. The molecular formula is C15H21INO3S+. The standard InChI is InChI=1S/C15H20INO3S/c1-11-15(2,3)13-10-12(16)6-7-14(13)17(11)8-4-5-9-21(18,19)20/h6-7,10H,4-5,8-9H2,1-3H3/p+1/i16+4. The Morgan fingerprint density at radius 1 is 1.29 bits per heavy atom. The Labute approximate surface area is 140 Å². The molecule has 6 heteroatoms. The molecule has 0 aromatic heterocycles. The molecule has 4 nitrogen and oxygen atoms in total. The minimum absolute atomic E-state index is 0.000427. The molecule has 1 aliphatic rings. The van der Waals surface area contributed by atoms with Crippen LogP contribution in [0.4, 0.5) is 5.69 Å². The molecule has 0 bridgehead atoms. The fourth-order valence-corrected chi connectivity index (χ4v) is 3.86. The summed E-state index contributed by atoms with van der Waals surface area (Å²) in [7, 11) is -3.85. The first kappa shape index (κ1) is 16.9. The van der Waals surface area contributed by atoms with Gasteiger partial charge in [-0.3, -0.25) is 4.55 Å². The fourth-order valence-electron chi connectivity index (χ4n) is 2.80. The molecule has 1 aromatic carbocycles. The molecule has 0 spiro atoms. The van der Waals surface area contributed by atoms with Crippen molar-refractivity contribution in [1.82, 2.24) is 0 Å². The summed E-state index contributed by atoms with van der Waals surface area (Å²) in [6, 6.07) is 6.45. The predicted molar refractivity (Wildman–Crippen MR) is 93.3 cm³/mol. The van der Waals surface area contributed by atoms with Crippen molar-refractivity contribution < 1.29 is 17.5 Å². The average molecular weight is 426 g/mol. The summed E-state index contributed by atoms with van der Waals surface area (Å²) in [5, 5.41) is 0. The number of unbranched alkanes of at least 4 members (excludes halogenated alkanes) is 1. The third-order valence-corrected chi connectivity index (χ3v) is 5.74. The van der Waals surface area contributed by atoms with E-state index in [1.807, 2.05) is 0 Å². The highest BCUT2D eigenvalue weighted by molar-refractivity contribution is 14.1. The lowest BCUT2D eigenvalue weighted by atomic mass is 9.82. The van der Waals surface area contributed by atoms with Crippen LogP contribution in [0.5, 0.6) is 0 Å². The van der Waals surface area contributed by atoms with E-state index in [4.69, 9.17) is 4.55 Å². The molecule has 21 heavy (non-hydrogen) atoms. The van der Waals surface area contributed by atoms with E-state index in [-0.39, 0.29) is 11.2 Å². The Bertz CT molecular complexity index is 693. The Kier molecular flexibility index (Phi) is 4.80. The van der Waals surface area contributed by atoms with E-state index in [0.717, 1.165) is 13.0 Å². The van der Waals surface area contributed by atoms with Crippen LogP contribution < -0.4 is 0 Å². The van der Waals surface area contributed by atoms with Crippen molar-refractivity contribution in [2.75, 3.05) is 12.3 Å². The lowest BCUT2D eigenvalue weighted by molar-refractivity contribution is -0.439. The zero-order chi connectivity index (χ0) is 15.8. The number of rotatable bonds is 5. The summed E-state index contributed by atoms with van der Waals surface area (Å²) in [5.74, 6) is -0.164. The van der Waals surface area contributed by atoms with E-state index in [0.29, 0.717) is 6.42 Å². The Balaban J connectivity index is 2.18. The maximum absolute atomic E-state index is 10.8. The third-order valence-electron chi connectivity index (χ3n) is 4.27. The maximum atomic E-state index is 10.8. The monoisotopic (exact) mass is 426 g/mol. The van der Waals surface area contributed by atoms with Crippen molar-refractivity contribution in [3.8, 4) is 0 Å². The van der Waals surface area contributed by atoms with Gasteiger partial charge >= 0.3 is 0 Å². The number of halogens is 1. The van der Waals surface area contributed by atoms with Crippen LogP contribution in [0.1, 0.15) is 39.2 Å². The van der Waals surface area contributed by atoms with Gasteiger partial charge in [0.15, 0.2) is 5.71 Å². The molecule has 1 aromatic rings. The minimum Gasteiger partial charge on any atom is -0.286 e. The molecule has 0 radical (unpaired) electrons. The summed E-state index contributed by atoms with van der Waals surface area (Å²) in [4.78, 5) is 0. The van der Waals surface area contributed by atoms with Gasteiger partial charge in [-0.05, 0) is 55.0 Å². The van der Waals surface area contributed by atoms with Gasteiger partial charge in [0.05, 0.1) is 11.2 Å². The first-order valence-electron chi connectivity index (χ1n) is 7.00. The lowest BCUT2D eigenvalue weighted by Crippen LogP contribution is -2.26. The number of fused-ring (bicyclic) bond motifs is 1. The number of hydrogen-bond acceptors (Lipinski definition) is 2. The normalized spacial score (nSPS) is 17.2. The summed E-state index contributed by atoms with van der Waals surface area (Å²) >= 11 is 2.33. The van der Waals surface area contributed by atoms with Gasteiger partial charge in [0, 0.05) is 28.5 Å². The van der Waals surface area contributed by atoms with E-state index in [1.54, 1.807) is 0 Å². The first-order valence-corrected chi connectivity index (χ1v) is 9.68. The molecule has 2 rings (SSSR count). The Morgan fingerprint density at radius 2 is 1.95 bits per heavy atom. The highest BCUT2D eigenvalue weighted by Gasteiger charge is 2.42. The van der Waals surface area contributed by atoms with Crippen LogP contribution in [0.2, 0.25) is 0 Å². The van der Waals surface area contributed by atoms with Gasteiger partial charge in [0.2, 0.25) is 5.69 Å². The smallest absolute Gasteiger partial charge is 0.264 e. The molecule has 0 saturated heterocycles. The molecular weight excluding hydrogens is 405 g/mol. The minimum atomic E-state index is -3.85. The summed E-state index contributed by atoms with van der Waals surface area (Å²) in [6.07, 6.45) is 1.21. The largest absolute Gasteiger partial charge is 0.286 e. The first-order chi connectivity index (χ1) is 9.63. The van der Waals surface area contributed by atoms with Crippen molar-refractivity contribution in [3.63, 3.8) is 0 Å². The van der Waals surface area contributed by atoms with Gasteiger partial charge in [-0.15, -0.1) is 0 Å². The second-order valence-electron chi connectivity index (χ2n) is 6.02. The van der Waals surface area contributed by atoms with Crippen LogP contribution >= 0.6 is 22.6 Å². The molecule has 0 amide bonds. The van der Waals surface area contributed by atoms with Crippen LogP contribution in [0, 0.1) is 3.57 Å². The molecule has 0 unspecified atom stereocenters. The second-order valence-corrected chi connectivity index (χ2v) is 8.83. The molecule has 1 N–H and O–H groups in total. The quantitative estimate of drug-likeness (QED) is 0.340. The Hall–Kier alpha value is -0.470. The van der Waals surface area contributed by atoms with E-state index in [9.17, 15) is 8.42 Å². The maximum Gasteiger partial charge on any atom is 0.264 e. The molecule has 0 saturated carbocycles. The third kappa shape index (κ3) is 3.65. The van der Waals surface area contributed by atoms with E-state index in [1.165, 1.54) is 20.5 Å². The summed E-state index contributed by atoms with van der Waals surface area (Å²) in [5.41, 5.74) is 3.82. The number of nitrogens with zero attached hydrogens (tertiary/aromatic N) is 1. The SMILES string of the molecule is CC1=[N+](CCCCS(=O)(=O)O)c2ccc([131I])cc2C1(C)C. The van der Waals surface area contributed by atoms with Crippen molar-refractivity contribution in [2.45, 2.75) is 39.0 Å². The fraction of sp³-hybridized carbons (Fsp3) is 0.533.